The van der Waals surface area contributed by atoms with Gasteiger partial charge in [-0.2, -0.15) is 5.21 Å². The Bertz CT molecular complexity index is 245. The van der Waals surface area contributed by atoms with Gasteiger partial charge >= 0.3 is 0 Å². The molecular weight excluding hydrogens is 166 g/mol. The Morgan fingerprint density at radius 3 is 3.15 bits per heavy atom. The van der Waals surface area contributed by atoms with Gasteiger partial charge in [0.1, 0.15) is 0 Å². The molecule has 2 rings (SSSR count). The molecule has 72 valence electrons. The van der Waals surface area contributed by atoms with Gasteiger partial charge in [-0.25, -0.2) is 0 Å². The van der Waals surface area contributed by atoms with Crippen molar-refractivity contribution < 1.29 is 0 Å². The highest BCUT2D eigenvalue weighted by atomic mass is 15.5. The zero-order valence-corrected chi connectivity index (χ0v) is 7.90. The van der Waals surface area contributed by atoms with Gasteiger partial charge in [-0.15, -0.1) is 5.10 Å². The van der Waals surface area contributed by atoms with Crippen LogP contribution in [-0.4, -0.2) is 33.7 Å². The average Bonchev–Trinajstić information content (AvgIpc) is 2.56. The van der Waals surface area contributed by atoms with Crippen molar-refractivity contribution in [1.82, 2.24) is 20.6 Å². The monoisotopic (exact) mass is 181 g/mol. The van der Waals surface area contributed by atoms with Crippen molar-refractivity contribution in [3.8, 4) is 0 Å². The summed E-state index contributed by atoms with van der Waals surface area (Å²) in [6, 6.07) is 0. The number of aromatic nitrogens is 4. The van der Waals surface area contributed by atoms with E-state index in [-0.39, 0.29) is 0 Å². The minimum absolute atomic E-state index is 0.737. The highest BCUT2D eigenvalue weighted by molar-refractivity contribution is 5.25. The van der Waals surface area contributed by atoms with Crippen molar-refractivity contribution in [3.63, 3.8) is 0 Å². The van der Waals surface area contributed by atoms with Crippen LogP contribution in [0.1, 0.15) is 26.2 Å². The molecule has 0 aliphatic carbocycles. The van der Waals surface area contributed by atoms with Crippen LogP contribution in [0, 0.1) is 5.92 Å². The first-order valence-corrected chi connectivity index (χ1v) is 4.84. The first kappa shape index (κ1) is 8.47. The summed E-state index contributed by atoms with van der Waals surface area (Å²) in [5, 5.41) is 14.1. The molecule has 1 aromatic heterocycles. The van der Waals surface area contributed by atoms with Crippen molar-refractivity contribution in [2.45, 2.75) is 26.2 Å². The molecule has 2 heterocycles. The van der Waals surface area contributed by atoms with Gasteiger partial charge in [-0.1, -0.05) is 18.4 Å². The second-order valence-corrected chi connectivity index (χ2v) is 3.76. The van der Waals surface area contributed by atoms with Crippen LogP contribution < -0.4 is 4.90 Å². The Morgan fingerprint density at radius 1 is 1.46 bits per heavy atom. The first-order chi connectivity index (χ1) is 6.36. The van der Waals surface area contributed by atoms with Gasteiger partial charge in [0.05, 0.1) is 0 Å². The highest BCUT2D eigenvalue weighted by Gasteiger charge is 2.17. The summed E-state index contributed by atoms with van der Waals surface area (Å²) in [6.07, 6.45) is 3.86. The minimum atomic E-state index is 0.737. The van der Waals surface area contributed by atoms with E-state index in [1.54, 1.807) is 0 Å². The predicted molar refractivity (Wildman–Crippen MR) is 49.4 cm³/mol. The smallest absolute Gasteiger partial charge is 0.265 e. The van der Waals surface area contributed by atoms with E-state index in [4.69, 9.17) is 0 Å². The molecular formula is C8H15N5. The Kier molecular flexibility index (Phi) is 2.42. The molecule has 5 nitrogen and oxygen atoms in total. The van der Waals surface area contributed by atoms with E-state index in [0.29, 0.717) is 0 Å². The zero-order chi connectivity index (χ0) is 9.10. The van der Waals surface area contributed by atoms with E-state index >= 15 is 0 Å². The Morgan fingerprint density at radius 2 is 2.38 bits per heavy atom. The molecule has 0 spiro atoms. The van der Waals surface area contributed by atoms with E-state index < -0.39 is 0 Å². The van der Waals surface area contributed by atoms with Crippen LogP contribution in [0.2, 0.25) is 0 Å². The standard InChI is InChI=1S/C8H15N5/c1-7-4-2-3-5-13(6-7)8-9-11-12-10-8/h7H,2-6H2,1H3,(H,9,10,11,12). The van der Waals surface area contributed by atoms with Crippen LogP contribution in [0.25, 0.3) is 0 Å². The summed E-state index contributed by atoms with van der Waals surface area (Å²) < 4.78 is 0. The fraction of sp³-hybridized carbons (Fsp3) is 0.875. The van der Waals surface area contributed by atoms with Crippen molar-refractivity contribution in [3.05, 3.63) is 0 Å². The molecule has 13 heavy (non-hydrogen) atoms. The fourth-order valence-corrected chi connectivity index (χ4v) is 1.83. The van der Waals surface area contributed by atoms with Gasteiger partial charge in [-0.05, 0) is 24.0 Å². The zero-order valence-electron chi connectivity index (χ0n) is 7.90. The number of nitrogens with one attached hydrogen (secondary N) is 1. The summed E-state index contributed by atoms with van der Waals surface area (Å²) in [5.41, 5.74) is 0. The molecule has 0 radical (unpaired) electrons. The molecule has 1 aliphatic rings. The summed E-state index contributed by atoms with van der Waals surface area (Å²) in [7, 11) is 0. The molecule has 1 saturated heterocycles. The van der Waals surface area contributed by atoms with Gasteiger partial charge < -0.3 is 4.90 Å². The van der Waals surface area contributed by atoms with Gasteiger partial charge in [-0.3, -0.25) is 0 Å². The Hall–Kier alpha value is -1.13. The topological polar surface area (TPSA) is 57.7 Å². The van der Waals surface area contributed by atoms with Crippen molar-refractivity contribution in [1.29, 1.82) is 0 Å². The maximum atomic E-state index is 3.99. The minimum Gasteiger partial charge on any atom is -0.338 e. The molecule has 1 aliphatic heterocycles. The molecule has 0 amide bonds. The number of aromatic amines is 1. The normalized spacial score (nSPS) is 24.4. The quantitative estimate of drug-likeness (QED) is 0.697. The van der Waals surface area contributed by atoms with Crippen LogP contribution in [-0.2, 0) is 0 Å². The molecule has 5 heteroatoms. The maximum absolute atomic E-state index is 3.99. The molecule has 0 bridgehead atoms. The molecule has 1 fully saturated rings. The van der Waals surface area contributed by atoms with Crippen LogP contribution >= 0.6 is 0 Å². The molecule has 1 aromatic rings. The fourth-order valence-electron chi connectivity index (χ4n) is 1.83. The number of hydrogen-bond donors (Lipinski definition) is 1. The molecule has 1 N–H and O–H groups in total. The third kappa shape index (κ3) is 1.96. The largest absolute Gasteiger partial charge is 0.338 e. The van der Waals surface area contributed by atoms with E-state index in [2.05, 4.69) is 32.4 Å². The number of nitrogens with zero attached hydrogens (tertiary/aromatic N) is 4. The molecule has 0 saturated carbocycles. The maximum Gasteiger partial charge on any atom is 0.265 e. The van der Waals surface area contributed by atoms with Crippen molar-refractivity contribution in [2.24, 2.45) is 5.92 Å². The van der Waals surface area contributed by atoms with Gasteiger partial charge in [0.25, 0.3) is 5.95 Å². The molecule has 1 atom stereocenters. The lowest BCUT2D eigenvalue weighted by molar-refractivity contribution is 0.542. The van der Waals surface area contributed by atoms with Crippen LogP contribution in [0.5, 0.6) is 0 Å². The van der Waals surface area contributed by atoms with Crippen LogP contribution in [0.15, 0.2) is 0 Å². The van der Waals surface area contributed by atoms with E-state index in [9.17, 15) is 0 Å². The molecule has 0 aromatic carbocycles. The summed E-state index contributed by atoms with van der Waals surface area (Å²) in [5.74, 6) is 1.48. The number of H-pyrrole nitrogens is 1. The number of anilines is 1. The van der Waals surface area contributed by atoms with Gasteiger partial charge in [0, 0.05) is 13.1 Å². The first-order valence-electron chi connectivity index (χ1n) is 4.84. The third-order valence-electron chi connectivity index (χ3n) is 2.52. The van der Waals surface area contributed by atoms with Gasteiger partial charge in [0.2, 0.25) is 0 Å². The number of hydrogen-bond acceptors (Lipinski definition) is 4. The van der Waals surface area contributed by atoms with E-state index in [1.165, 1.54) is 19.3 Å². The van der Waals surface area contributed by atoms with E-state index in [1.807, 2.05) is 0 Å². The predicted octanol–water partition coefficient (Wildman–Crippen LogP) is 0.826. The van der Waals surface area contributed by atoms with Crippen molar-refractivity contribution in [2.75, 3.05) is 18.0 Å². The third-order valence-corrected chi connectivity index (χ3v) is 2.52. The van der Waals surface area contributed by atoms with E-state index in [0.717, 1.165) is 25.0 Å². The Balaban J connectivity index is 2.05. The van der Waals surface area contributed by atoms with Crippen LogP contribution in [0.4, 0.5) is 5.95 Å². The second kappa shape index (κ2) is 3.72. The second-order valence-electron chi connectivity index (χ2n) is 3.76. The average molecular weight is 181 g/mol. The number of tetrazole rings is 1. The van der Waals surface area contributed by atoms with Gasteiger partial charge in [0.15, 0.2) is 0 Å². The lowest BCUT2D eigenvalue weighted by Crippen LogP contribution is -2.28. The van der Waals surface area contributed by atoms with Crippen LogP contribution in [0.3, 0.4) is 0 Å². The summed E-state index contributed by atoms with van der Waals surface area (Å²) in [6.45, 7) is 4.39. The SMILES string of the molecule is CC1CCCCN(c2nn[nH]n2)C1. The highest BCUT2D eigenvalue weighted by Crippen LogP contribution is 2.18. The van der Waals surface area contributed by atoms with Crippen molar-refractivity contribution >= 4 is 5.95 Å². The summed E-state index contributed by atoms with van der Waals surface area (Å²) in [4.78, 5) is 2.21. The lowest BCUT2D eigenvalue weighted by Gasteiger charge is -2.19. The Labute approximate surface area is 77.5 Å². The molecule has 1 unspecified atom stereocenters. The summed E-state index contributed by atoms with van der Waals surface area (Å²) >= 11 is 0. The number of rotatable bonds is 1. The lowest BCUT2D eigenvalue weighted by atomic mass is 10.1.